The van der Waals surface area contributed by atoms with Crippen LogP contribution in [0.5, 0.6) is 0 Å². The summed E-state index contributed by atoms with van der Waals surface area (Å²) in [4.78, 5) is 24.7. The summed E-state index contributed by atoms with van der Waals surface area (Å²) in [7, 11) is 0. The highest BCUT2D eigenvalue weighted by Crippen LogP contribution is 2.47. The molecule has 1 saturated heterocycles. The summed E-state index contributed by atoms with van der Waals surface area (Å²) >= 11 is 0. The number of anilines is 1. The highest BCUT2D eigenvalue weighted by Gasteiger charge is 2.48. The van der Waals surface area contributed by atoms with Gasteiger partial charge in [0.1, 0.15) is 6.10 Å². The summed E-state index contributed by atoms with van der Waals surface area (Å²) in [5, 5.41) is 5.93. The van der Waals surface area contributed by atoms with Gasteiger partial charge in [0.15, 0.2) is 0 Å². The van der Waals surface area contributed by atoms with Crippen LogP contribution in [0, 0.1) is 17.8 Å². The van der Waals surface area contributed by atoms with Crippen molar-refractivity contribution in [2.24, 2.45) is 23.5 Å². The number of hydrogen-bond acceptors (Lipinski definition) is 4. The Bertz CT molecular complexity index is 691. The van der Waals surface area contributed by atoms with Gasteiger partial charge in [0.25, 0.3) is 5.91 Å². The lowest BCUT2D eigenvalue weighted by Crippen LogP contribution is -2.45. The summed E-state index contributed by atoms with van der Waals surface area (Å²) in [5.41, 5.74) is 7.94. The molecule has 1 aliphatic heterocycles. The number of carbonyl (C=O) groups excluding carboxylic acids is 2. The largest absolute Gasteiger partial charge is 0.368 e. The molecule has 5 atom stereocenters. The Morgan fingerprint density at radius 1 is 1.15 bits per heavy atom. The van der Waals surface area contributed by atoms with Crippen molar-refractivity contribution in [2.75, 3.05) is 11.9 Å². The molecule has 148 valence electrons. The fraction of sp³-hybridized carbons (Fsp3) is 0.600. The third-order valence-corrected chi connectivity index (χ3v) is 6.17. The molecule has 2 amide bonds. The number of ether oxygens (including phenoxy) is 1. The molecule has 2 saturated carbocycles. The van der Waals surface area contributed by atoms with Crippen molar-refractivity contribution in [3.8, 4) is 0 Å². The first-order valence-electron chi connectivity index (χ1n) is 9.66. The van der Waals surface area contributed by atoms with Crippen molar-refractivity contribution in [2.45, 2.75) is 50.8 Å². The molecule has 2 bridgehead atoms. The van der Waals surface area contributed by atoms with Crippen molar-refractivity contribution < 1.29 is 14.3 Å². The molecule has 3 aliphatic rings. The Morgan fingerprint density at radius 3 is 2.67 bits per heavy atom. The van der Waals surface area contributed by atoms with Gasteiger partial charge in [-0.15, -0.1) is 12.4 Å². The van der Waals surface area contributed by atoms with Gasteiger partial charge in [0.2, 0.25) is 5.91 Å². The number of rotatable bonds is 5. The number of nitrogens with one attached hydrogen (secondary N) is 2. The fourth-order valence-electron chi connectivity index (χ4n) is 4.80. The van der Waals surface area contributed by atoms with Gasteiger partial charge in [-0.1, -0.05) is 12.1 Å². The zero-order valence-electron chi connectivity index (χ0n) is 15.4. The predicted octanol–water partition coefficient (Wildman–Crippen LogP) is 2.22. The maximum Gasteiger partial charge on any atom is 0.253 e. The van der Waals surface area contributed by atoms with Crippen LogP contribution >= 0.6 is 12.4 Å². The molecule has 0 aromatic heterocycles. The van der Waals surface area contributed by atoms with Crippen molar-refractivity contribution >= 4 is 29.9 Å². The van der Waals surface area contributed by atoms with Gasteiger partial charge < -0.3 is 21.1 Å². The van der Waals surface area contributed by atoms with Gasteiger partial charge in [-0.05, 0) is 61.6 Å². The lowest BCUT2D eigenvalue weighted by atomic mass is 9.84. The lowest BCUT2D eigenvalue weighted by Gasteiger charge is -2.27. The third-order valence-electron chi connectivity index (χ3n) is 6.17. The molecule has 0 spiro atoms. The van der Waals surface area contributed by atoms with E-state index in [0.717, 1.165) is 36.9 Å². The first-order chi connectivity index (χ1) is 12.6. The summed E-state index contributed by atoms with van der Waals surface area (Å²) in [6, 6.07) is 7.59. The van der Waals surface area contributed by atoms with Crippen LogP contribution in [0.15, 0.2) is 24.3 Å². The van der Waals surface area contributed by atoms with E-state index in [0.29, 0.717) is 25.0 Å². The topological polar surface area (TPSA) is 93.5 Å². The molecule has 0 radical (unpaired) electrons. The van der Waals surface area contributed by atoms with Crippen molar-refractivity contribution in [1.29, 1.82) is 0 Å². The minimum absolute atomic E-state index is 0. The zero-order chi connectivity index (χ0) is 18.1. The molecule has 3 fully saturated rings. The third kappa shape index (κ3) is 4.28. The maximum absolute atomic E-state index is 12.6. The second-order valence-electron chi connectivity index (χ2n) is 7.85. The summed E-state index contributed by atoms with van der Waals surface area (Å²) < 4.78 is 5.41. The number of halogens is 1. The molecule has 27 heavy (non-hydrogen) atoms. The zero-order valence-corrected chi connectivity index (χ0v) is 16.2. The molecule has 1 aromatic rings. The van der Waals surface area contributed by atoms with Gasteiger partial charge >= 0.3 is 0 Å². The van der Waals surface area contributed by atoms with Crippen molar-refractivity contribution in [3.63, 3.8) is 0 Å². The van der Waals surface area contributed by atoms with Crippen LogP contribution in [0.4, 0.5) is 5.69 Å². The standard InChI is InChI=1S/C20H27N3O3.ClH/c21-18-14-7-6-13(10-14)17(18)20(25)22-11-12-3-1-4-15(9-12)23-19(24)16-5-2-8-26-16;/h1,3-4,9,13-14,16-18H,2,5-8,10-11,21H2,(H,22,25)(H,23,24);1H. The second kappa shape index (κ2) is 8.59. The molecule has 1 heterocycles. The Morgan fingerprint density at radius 2 is 1.96 bits per heavy atom. The average Bonchev–Trinajstić information content (AvgIpc) is 3.37. The van der Waals surface area contributed by atoms with Gasteiger partial charge in [-0.3, -0.25) is 9.59 Å². The summed E-state index contributed by atoms with van der Waals surface area (Å²) in [6.07, 6.45) is 4.74. The number of fused-ring (bicyclic) bond motifs is 2. The molecular weight excluding hydrogens is 366 g/mol. The Hall–Kier alpha value is -1.63. The molecule has 7 heteroatoms. The number of benzene rings is 1. The van der Waals surface area contributed by atoms with Crippen molar-refractivity contribution in [3.05, 3.63) is 29.8 Å². The van der Waals surface area contributed by atoms with Gasteiger partial charge in [0.05, 0.1) is 5.92 Å². The van der Waals surface area contributed by atoms with Gasteiger partial charge in [0, 0.05) is 24.9 Å². The van der Waals surface area contributed by atoms with Crippen molar-refractivity contribution in [1.82, 2.24) is 5.32 Å². The lowest BCUT2D eigenvalue weighted by molar-refractivity contribution is -0.127. The Kier molecular flexibility index (Phi) is 6.40. The van der Waals surface area contributed by atoms with Crippen LogP contribution in [-0.2, 0) is 20.9 Å². The Balaban J connectivity index is 0.00000210. The quantitative estimate of drug-likeness (QED) is 0.715. The number of amides is 2. The molecule has 4 rings (SSSR count). The first kappa shape index (κ1) is 20.1. The molecule has 1 aromatic carbocycles. The minimum atomic E-state index is -0.349. The molecule has 4 N–H and O–H groups in total. The highest BCUT2D eigenvalue weighted by molar-refractivity contribution is 5.94. The van der Waals surface area contributed by atoms with Gasteiger partial charge in [-0.2, -0.15) is 0 Å². The van der Waals surface area contributed by atoms with E-state index in [1.165, 1.54) is 6.42 Å². The maximum atomic E-state index is 12.6. The van der Waals surface area contributed by atoms with Gasteiger partial charge in [-0.25, -0.2) is 0 Å². The molecular formula is C20H28ClN3O3. The molecule has 6 nitrogen and oxygen atoms in total. The average molecular weight is 394 g/mol. The first-order valence-corrected chi connectivity index (χ1v) is 9.66. The number of hydrogen-bond donors (Lipinski definition) is 3. The SMILES string of the molecule is Cl.NC1C2CCC(C2)C1C(=O)NCc1cccc(NC(=O)C2CCCO2)c1. The van der Waals surface area contributed by atoms with Crippen LogP contribution in [0.25, 0.3) is 0 Å². The second-order valence-corrected chi connectivity index (χ2v) is 7.85. The predicted molar refractivity (Wildman–Crippen MR) is 105 cm³/mol. The van der Waals surface area contributed by atoms with Crippen LogP contribution in [0.3, 0.4) is 0 Å². The minimum Gasteiger partial charge on any atom is -0.368 e. The van der Waals surface area contributed by atoms with E-state index in [2.05, 4.69) is 10.6 Å². The molecule has 5 unspecified atom stereocenters. The van der Waals surface area contributed by atoms with E-state index in [1.54, 1.807) is 0 Å². The fourth-order valence-corrected chi connectivity index (χ4v) is 4.80. The highest BCUT2D eigenvalue weighted by atomic mass is 35.5. The summed E-state index contributed by atoms with van der Waals surface area (Å²) in [5.74, 6) is 0.894. The monoisotopic (exact) mass is 393 g/mol. The van der Waals surface area contributed by atoms with Crippen LogP contribution in [-0.4, -0.2) is 30.6 Å². The smallest absolute Gasteiger partial charge is 0.253 e. The van der Waals surface area contributed by atoms with E-state index in [1.807, 2.05) is 24.3 Å². The van der Waals surface area contributed by atoms with Crippen LogP contribution in [0.1, 0.15) is 37.7 Å². The van der Waals surface area contributed by atoms with E-state index in [9.17, 15) is 9.59 Å². The van der Waals surface area contributed by atoms with E-state index >= 15 is 0 Å². The molecule has 2 aliphatic carbocycles. The normalized spacial score (nSPS) is 31.4. The van der Waals surface area contributed by atoms with E-state index in [4.69, 9.17) is 10.5 Å². The van der Waals surface area contributed by atoms with Crippen LogP contribution in [0.2, 0.25) is 0 Å². The number of nitrogens with two attached hydrogens (primary N) is 1. The Labute approximate surface area is 166 Å². The van der Waals surface area contributed by atoms with E-state index in [-0.39, 0.29) is 42.3 Å². The summed E-state index contributed by atoms with van der Waals surface area (Å²) in [6.45, 7) is 1.10. The van der Waals surface area contributed by atoms with E-state index < -0.39 is 0 Å². The number of carbonyl (C=O) groups is 2. The van der Waals surface area contributed by atoms with Crippen LogP contribution < -0.4 is 16.4 Å².